The van der Waals surface area contributed by atoms with Crippen LogP contribution in [-0.4, -0.2) is 6.54 Å². The van der Waals surface area contributed by atoms with E-state index >= 15 is 0 Å². The van der Waals surface area contributed by atoms with Crippen molar-refractivity contribution in [3.8, 4) is 0 Å². The summed E-state index contributed by atoms with van der Waals surface area (Å²) < 4.78 is 13.2. The fourth-order valence-corrected chi connectivity index (χ4v) is 1.43. The molecule has 5 heteroatoms. The molecule has 0 aliphatic carbocycles. The van der Waals surface area contributed by atoms with Gasteiger partial charge in [0.2, 0.25) is 0 Å². The highest BCUT2D eigenvalue weighted by Crippen LogP contribution is 2.27. The third-order valence-electron chi connectivity index (χ3n) is 1.94. The second kappa shape index (κ2) is 5.51. The van der Waals surface area contributed by atoms with Gasteiger partial charge in [-0.15, -0.1) is 12.4 Å². The molecule has 0 amide bonds. The first kappa shape index (κ1) is 13.7. The summed E-state index contributed by atoms with van der Waals surface area (Å²) in [6.45, 7) is 1.98. The number of benzene rings is 1. The van der Waals surface area contributed by atoms with Crippen molar-refractivity contribution < 1.29 is 4.39 Å². The monoisotopic (exact) mass is 238 g/mol. The minimum absolute atomic E-state index is 0. The number of rotatable bonds is 2. The lowest BCUT2D eigenvalue weighted by molar-refractivity contribution is 0.583. The molecular formula is C9H13Cl2FN2. The van der Waals surface area contributed by atoms with E-state index in [0.29, 0.717) is 10.6 Å². The van der Waals surface area contributed by atoms with Gasteiger partial charge in [-0.2, -0.15) is 0 Å². The van der Waals surface area contributed by atoms with Crippen LogP contribution in [-0.2, 0) is 0 Å². The summed E-state index contributed by atoms with van der Waals surface area (Å²) in [4.78, 5) is 0. The van der Waals surface area contributed by atoms with Crippen molar-refractivity contribution in [3.05, 3.63) is 34.1 Å². The highest BCUT2D eigenvalue weighted by molar-refractivity contribution is 6.32. The Kier molecular flexibility index (Phi) is 5.37. The van der Waals surface area contributed by atoms with Gasteiger partial charge in [0.25, 0.3) is 0 Å². The molecule has 0 heterocycles. The molecule has 1 atom stereocenters. The number of aryl methyl sites for hydroxylation is 1. The molecule has 0 aliphatic heterocycles. The summed E-state index contributed by atoms with van der Waals surface area (Å²) >= 11 is 5.90. The Morgan fingerprint density at radius 1 is 1.50 bits per heavy atom. The molecule has 1 rings (SSSR count). The molecule has 4 N–H and O–H groups in total. The first-order chi connectivity index (χ1) is 6.07. The third kappa shape index (κ3) is 2.58. The van der Waals surface area contributed by atoms with Gasteiger partial charge in [-0.1, -0.05) is 17.7 Å². The van der Waals surface area contributed by atoms with Crippen molar-refractivity contribution in [1.29, 1.82) is 0 Å². The molecule has 0 saturated heterocycles. The van der Waals surface area contributed by atoms with E-state index < -0.39 is 11.9 Å². The van der Waals surface area contributed by atoms with E-state index in [1.54, 1.807) is 13.0 Å². The second-order valence-electron chi connectivity index (χ2n) is 2.93. The topological polar surface area (TPSA) is 52.0 Å². The molecule has 0 spiro atoms. The highest BCUT2D eigenvalue weighted by atomic mass is 35.5. The second-order valence-corrected chi connectivity index (χ2v) is 3.31. The van der Waals surface area contributed by atoms with Gasteiger partial charge in [-0.25, -0.2) is 4.39 Å². The van der Waals surface area contributed by atoms with Gasteiger partial charge in [0.05, 0.1) is 5.02 Å². The van der Waals surface area contributed by atoms with Crippen LogP contribution in [0.1, 0.15) is 17.2 Å². The molecular weight excluding hydrogens is 226 g/mol. The van der Waals surface area contributed by atoms with Gasteiger partial charge in [0.15, 0.2) is 0 Å². The predicted molar refractivity (Wildman–Crippen MR) is 59.4 cm³/mol. The smallest absolute Gasteiger partial charge is 0.129 e. The minimum atomic E-state index is -0.535. The van der Waals surface area contributed by atoms with Gasteiger partial charge in [0.1, 0.15) is 5.82 Å². The van der Waals surface area contributed by atoms with Crippen molar-refractivity contribution in [2.45, 2.75) is 13.0 Å². The van der Waals surface area contributed by atoms with Crippen molar-refractivity contribution in [2.75, 3.05) is 6.54 Å². The van der Waals surface area contributed by atoms with E-state index in [2.05, 4.69) is 0 Å². The SMILES string of the molecule is Cc1ccc(F)c([C@@H](N)CN)c1Cl.Cl. The average Bonchev–Trinajstić information content (AvgIpc) is 2.12. The number of nitrogens with two attached hydrogens (primary N) is 2. The Bertz CT molecular complexity index is 318. The molecule has 0 bridgehead atoms. The lowest BCUT2D eigenvalue weighted by Gasteiger charge is -2.13. The van der Waals surface area contributed by atoms with Gasteiger partial charge < -0.3 is 11.5 Å². The minimum Gasteiger partial charge on any atom is -0.329 e. The van der Waals surface area contributed by atoms with Crippen LogP contribution in [0.5, 0.6) is 0 Å². The van der Waals surface area contributed by atoms with Crippen LogP contribution >= 0.6 is 24.0 Å². The molecule has 0 fully saturated rings. The molecule has 0 unspecified atom stereocenters. The maximum absolute atomic E-state index is 13.2. The standard InChI is InChI=1S/C9H12ClFN2.ClH/c1-5-2-3-6(11)8(9(5)10)7(13)4-12;/h2-3,7H,4,12-13H2,1H3;1H/t7-;/m0./s1. The van der Waals surface area contributed by atoms with Crippen LogP contribution in [0.3, 0.4) is 0 Å². The molecule has 0 saturated carbocycles. The Balaban J connectivity index is 0.00000169. The van der Waals surface area contributed by atoms with E-state index in [-0.39, 0.29) is 19.0 Å². The van der Waals surface area contributed by atoms with Crippen LogP contribution < -0.4 is 11.5 Å². The third-order valence-corrected chi connectivity index (χ3v) is 2.45. The maximum atomic E-state index is 13.2. The zero-order chi connectivity index (χ0) is 10.0. The molecule has 1 aromatic rings. The maximum Gasteiger partial charge on any atom is 0.129 e. The predicted octanol–water partition coefficient (Wildman–Crippen LogP) is 2.17. The van der Waals surface area contributed by atoms with E-state index in [0.717, 1.165) is 5.56 Å². The summed E-state index contributed by atoms with van der Waals surface area (Å²) in [5, 5.41) is 0.373. The van der Waals surface area contributed by atoms with Crippen molar-refractivity contribution >= 4 is 24.0 Å². The quantitative estimate of drug-likeness (QED) is 0.830. The van der Waals surface area contributed by atoms with E-state index in [9.17, 15) is 4.39 Å². The molecule has 0 aliphatic rings. The van der Waals surface area contributed by atoms with Crippen molar-refractivity contribution in [2.24, 2.45) is 11.5 Å². The fraction of sp³-hybridized carbons (Fsp3) is 0.333. The van der Waals surface area contributed by atoms with E-state index in [1.165, 1.54) is 6.07 Å². The molecule has 0 radical (unpaired) electrons. The number of hydrogen-bond donors (Lipinski definition) is 2. The van der Waals surface area contributed by atoms with Crippen molar-refractivity contribution in [1.82, 2.24) is 0 Å². The van der Waals surface area contributed by atoms with Gasteiger partial charge >= 0.3 is 0 Å². The Morgan fingerprint density at radius 2 is 2.07 bits per heavy atom. The summed E-state index contributed by atoms with van der Waals surface area (Å²) in [6.07, 6.45) is 0. The first-order valence-electron chi connectivity index (χ1n) is 3.98. The Hall–Kier alpha value is -0.350. The van der Waals surface area contributed by atoms with Crippen LogP contribution in [0.15, 0.2) is 12.1 Å². The van der Waals surface area contributed by atoms with Crippen LogP contribution in [0.4, 0.5) is 4.39 Å². The number of halogens is 3. The average molecular weight is 239 g/mol. The lowest BCUT2D eigenvalue weighted by atomic mass is 10.0. The van der Waals surface area contributed by atoms with Crippen LogP contribution in [0.25, 0.3) is 0 Å². The molecule has 80 valence electrons. The molecule has 0 aromatic heterocycles. The normalized spacial score (nSPS) is 12.1. The van der Waals surface area contributed by atoms with Gasteiger partial charge in [-0.3, -0.25) is 0 Å². The summed E-state index contributed by atoms with van der Waals surface area (Å²) in [6, 6.07) is 2.43. The zero-order valence-electron chi connectivity index (χ0n) is 7.76. The summed E-state index contributed by atoms with van der Waals surface area (Å²) in [5.74, 6) is -0.395. The fourth-order valence-electron chi connectivity index (χ4n) is 1.14. The van der Waals surface area contributed by atoms with Crippen LogP contribution in [0, 0.1) is 12.7 Å². The van der Waals surface area contributed by atoms with E-state index in [4.69, 9.17) is 23.1 Å². The van der Waals surface area contributed by atoms with E-state index in [1.807, 2.05) is 0 Å². The molecule has 1 aromatic carbocycles. The van der Waals surface area contributed by atoms with Gasteiger partial charge in [-0.05, 0) is 18.6 Å². The molecule has 2 nitrogen and oxygen atoms in total. The first-order valence-corrected chi connectivity index (χ1v) is 4.36. The summed E-state index contributed by atoms with van der Waals surface area (Å²) in [5.41, 5.74) is 12.1. The van der Waals surface area contributed by atoms with Crippen LogP contribution in [0.2, 0.25) is 5.02 Å². The summed E-state index contributed by atoms with van der Waals surface area (Å²) in [7, 11) is 0. The zero-order valence-corrected chi connectivity index (χ0v) is 9.33. The van der Waals surface area contributed by atoms with Crippen molar-refractivity contribution in [3.63, 3.8) is 0 Å². The Morgan fingerprint density at radius 3 is 2.57 bits per heavy atom. The molecule has 14 heavy (non-hydrogen) atoms. The lowest BCUT2D eigenvalue weighted by Crippen LogP contribution is -2.22. The Labute approximate surface area is 93.8 Å². The van der Waals surface area contributed by atoms with Gasteiger partial charge in [0, 0.05) is 18.2 Å². The largest absolute Gasteiger partial charge is 0.329 e. The highest BCUT2D eigenvalue weighted by Gasteiger charge is 2.15. The number of hydrogen-bond acceptors (Lipinski definition) is 2.